The van der Waals surface area contributed by atoms with Crippen LogP contribution in [0.3, 0.4) is 0 Å². The topological polar surface area (TPSA) is 39.2 Å². The van der Waals surface area contributed by atoms with Crippen molar-refractivity contribution in [3.8, 4) is 17.0 Å². The van der Waals surface area contributed by atoms with Crippen LogP contribution in [0.1, 0.15) is 12.0 Å². The van der Waals surface area contributed by atoms with Crippen molar-refractivity contribution in [1.29, 1.82) is 0 Å². The summed E-state index contributed by atoms with van der Waals surface area (Å²) in [7, 11) is 1.60. The predicted octanol–water partition coefficient (Wildman–Crippen LogP) is 2.89. The molecule has 0 spiro atoms. The third-order valence-electron chi connectivity index (χ3n) is 2.78. The average molecular weight is 241 g/mol. The number of aromatic nitrogens is 1. The van der Waals surface area contributed by atoms with Crippen molar-refractivity contribution in [3.63, 3.8) is 0 Å². The fourth-order valence-electron chi connectivity index (χ4n) is 1.76. The number of hydrogen-bond donors (Lipinski definition) is 0. The van der Waals surface area contributed by atoms with Gasteiger partial charge in [-0.15, -0.1) is 0 Å². The molecule has 2 rings (SSSR count). The Labute approximate surface area is 106 Å². The third kappa shape index (κ3) is 2.94. The van der Waals surface area contributed by atoms with Gasteiger partial charge in [0, 0.05) is 24.2 Å². The summed E-state index contributed by atoms with van der Waals surface area (Å²) < 4.78 is 5.02. The van der Waals surface area contributed by atoms with Crippen LogP contribution >= 0.6 is 0 Å². The molecule has 0 bridgehead atoms. The molecule has 1 heterocycles. The van der Waals surface area contributed by atoms with Crippen molar-refractivity contribution in [1.82, 2.24) is 4.98 Å². The third-order valence-corrected chi connectivity index (χ3v) is 2.78. The summed E-state index contributed by atoms with van der Waals surface area (Å²) in [5, 5.41) is 0. The van der Waals surface area contributed by atoms with Gasteiger partial charge in [-0.2, -0.15) is 0 Å². The second-order valence-electron chi connectivity index (χ2n) is 3.99. The van der Waals surface area contributed by atoms with Crippen LogP contribution in [0.15, 0.2) is 42.6 Å². The van der Waals surface area contributed by atoms with Gasteiger partial charge in [-0.05, 0) is 23.6 Å². The number of aryl methyl sites for hydroxylation is 1. The van der Waals surface area contributed by atoms with Gasteiger partial charge < -0.3 is 9.53 Å². The Balaban J connectivity index is 2.14. The SMILES string of the molecule is COc1ccc(-c2ccc(CCC=O)cc2)cn1. The minimum absolute atomic E-state index is 0.573. The number of pyridine rings is 1. The zero-order chi connectivity index (χ0) is 12.8. The van der Waals surface area contributed by atoms with E-state index in [1.165, 1.54) is 5.56 Å². The lowest BCUT2D eigenvalue weighted by Crippen LogP contribution is -1.88. The Hall–Kier alpha value is -2.16. The molecule has 2 aromatic rings. The summed E-state index contributed by atoms with van der Waals surface area (Å²) in [6, 6.07) is 12.0. The molecule has 92 valence electrons. The van der Waals surface area contributed by atoms with Gasteiger partial charge in [-0.1, -0.05) is 24.3 Å². The summed E-state index contributed by atoms with van der Waals surface area (Å²) in [5.74, 6) is 0.612. The zero-order valence-corrected chi connectivity index (χ0v) is 10.3. The number of ether oxygens (including phenoxy) is 1. The molecule has 3 heteroatoms. The number of nitrogens with zero attached hydrogens (tertiary/aromatic N) is 1. The maximum absolute atomic E-state index is 10.3. The van der Waals surface area contributed by atoms with Crippen molar-refractivity contribution in [2.75, 3.05) is 7.11 Å². The van der Waals surface area contributed by atoms with Gasteiger partial charge in [0.1, 0.15) is 6.29 Å². The smallest absolute Gasteiger partial charge is 0.212 e. The molecule has 0 unspecified atom stereocenters. The lowest BCUT2D eigenvalue weighted by molar-refractivity contribution is -0.107. The van der Waals surface area contributed by atoms with Crippen molar-refractivity contribution < 1.29 is 9.53 Å². The molecule has 0 N–H and O–H groups in total. The van der Waals surface area contributed by atoms with Gasteiger partial charge >= 0.3 is 0 Å². The number of carbonyl (C=O) groups is 1. The number of benzene rings is 1. The van der Waals surface area contributed by atoms with Gasteiger partial charge in [-0.3, -0.25) is 0 Å². The van der Waals surface area contributed by atoms with Gasteiger partial charge in [0.25, 0.3) is 0 Å². The van der Waals surface area contributed by atoms with E-state index >= 15 is 0 Å². The first-order valence-corrected chi connectivity index (χ1v) is 5.86. The Bertz CT molecular complexity index is 503. The first kappa shape index (κ1) is 12.3. The van der Waals surface area contributed by atoms with E-state index < -0.39 is 0 Å². The summed E-state index contributed by atoms with van der Waals surface area (Å²) >= 11 is 0. The lowest BCUT2D eigenvalue weighted by Gasteiger charge is -2.04. The molecule has 1 aromatic carbocycles. The van der Waals surface area contributed by atoms with Gasteiger partial charge in [0.15, 0.2) is 0 Å². The Kier molecular flexibility index (Phi) is 4.07. The molecule has 0 fully saturated rings. The summed E-state index contributed by atoms with van der Waals surface area (Å²) in [4.78, 5) is 14.5. The molecule has 0 atom stereocenters. The summed E-state index contributed by atoms with van der Waals surface area (Å²) in [5.41, 5.74) is 3.34. The van der Waals surface area contributed by atoms with E-state index in [0.717, 1.165) is 23.8 Å². The van der Waals surface area contributed by atoms with Crippen LogP contribution in [0.5, 0.6) is 5.88 Å². The second kappa shape index (κ2) is 5.96. The maximum atomic E-state index is 10.3. The van der Waals surface area contributed by atoms with Crippen LogP contribution in [0.25, 0.3) is 11.1 Å². The molecule has 0 aliphatic heterocycles. The van der Waals surface area contributed by atoms with E-state index in [0.29, 0.717) is 12.3 Å². The predicted molar refractivity (Wildman–Crippen MR) is 70.6 cm³/mol. The molecule has 18 heavy (non-hydrogen) atoms. The minimum atomic E-state index is 0.573. The quantitative estimate of drug-likeness (QED) is 0.755. The molecule has 0 saturated carbocycles. The Morgan fingerprint density at radius 3 is 2.39 bits per heavy atom. The highest BCUT2D eigenvalue weighted by atomic mass is 16.5. The number of carbonyl (C=O) groups excluding carboxylic acids is 1. The molecule has 1 aromatic heterocycles. The molecule has 3 nitrogen and oxygen atoms in total. The van der Waals surface area contributed by atoms with Crippen LogP contribution in [-0.4, -0.2) is 18.4 Å². The van der Waals surface area contributed by atoms with Crippen LogP contribution in [-0.2, 0) is 11.2 Å². The van der Waals surface area contributed by atoms with E-state index in [9.17, 15) is 4.79 Å². The molecule has 0 amide bonds. The highest BCUT2D eigenvalue weighted by Gasteiger charge is 2.00. The van der Waals surface area contributed by atoms with E-state index in [1.807, 2.05) is 36.4 Å². The highest BCUT2D eigenvalue weighted by Crippen LogP contribution is 2.20. The van der Waals surface area contributed by atoms with Crippen LogP contribution in [0.2, 0.25) is 0 Å². The highest BCUT2D eigenvalue weighted by molar-refractivity contribution is 5.63. The minimum Gasteiger partial charge on any atom is -0.481 e. The monoisotopic (exact) mass is 241 g/mol. The van der Waals surface area contributed by atoms with Gasteiger partial charge in [-0.25, -0.2) is 4.98 Å². The second-order valence-corrected chi connectivity index (χ2v) is 3.99. The molecule has 0 aliphatic carbocycles. The average Bonchev–Trinajstić information content (AvgIpc) is 2.46. The van der Waals surface area contributed by atoms with Crippen molar-refractivity contribution >= 4 is 6.29 Å². The molecular weight excluding hydrogens is 226 g/mol. The van der Waals surface area contributed by atoms with Crippen LogP contribution in [0.4, 0.5) is 0 Å². The first-order chi connectivity index (χ1) is 8.83. The fraction of sp³-hybridized carbons (Fsp3) is 0.200. The number of methoxy groups -OCH3 is 1. The van der Waals surface area contributed by atoms with Crippen molar-refractivity contribution in [3.05, 3.63) is 48.2 Å². The lowest BCUT2D eigenvalue weighted by atomic mass is 10.0. The van der Waals surface area contributed by atoms with E-state index in [4.69, 9.17) is 4.74 Å². The normalized spacial score (nSPS) is 10.1. The van der Waals surface area contributed by atoms with Gasteiger partial charge in [0.05, 0.1) is 7.11 Å². The standard InChI is InChI=1S/C15H15NO2/c1-18-15-9-8-14(11-16-15)13-6-4-12(5-7-13)3-2-10-17/h4-11H,2-3H2,1H3. The Morgan fingerprint density at radius 2 is 1.83 bits per heavy atom. The maximum Gasteiger partial charge on any atom is 0.212 e. The molecule has 0 radical (unpaired) electrons. The molecular formula is C15H15NO2. The van der Waals surface area contributed by atoms with Crippen molar-refractivity contribution in [2.45, 2.75) is 12.8 Å². The van der Waals surface area contributed by atoms with E-state index in [1.54, 1.807) is 13.3 Å². The molecule has 0 saturated heterocycles. The summed E-state index contributed by atoms with van der Waals surface area (Å²) in [6.07, 6.45) is 4.11. The largest absolute Gasteiger partial charge is 0.481 e. The zero-order valence-electron chi connectivity index (χ0n) is 10.3. The number of rotatable bonds is 5. The molecule has 0 aliphatic rings. The number of aldehydes is 1. The van der Waals surface area contributed by atoms with E-state index in [-0.39, 0.29) is 0 Å². The number of hydrogen-bond acceptors (Lipinski definition) is 3. The fourth-order valence-corrected chi connectivity index (χ4v) is 1.76. The van der Waals surface area contributed by atoms with Crippen molar-refractivity contribution in [2.24, 2.45) is 0 Å². The van der Waals surface area contributed by atoms with E-state index in [2.05, 4.69) is 4.98 Å². The van der Waals surface area contributed by atoms with Crippen LogP contribution in [0, 0.1) is 0 Å². The van der Waals surface area contributed by atoms with Crippen LogP contribution < -0.4 is 4.74 Å². The van der Waals surface area contributed by atoms with Gasteiger partial charge in [0.2, 0.25) is 5.88 Å². The Morgan fingerprint density at radius 1 is 1.11 bits per heavy atom. The summed E-state index contributed by atoms with van der Waals surface area (Å²) in [6.45, 7) is 0. The first-order valence-electron chi connectivity index (χ1n) is 5.86.